The number of rotatable bonds is 17. The Morgan fingerprint density at radius 3 is 1.79 bits per heavy atom. The molecule has 0 aromatic carbocycles. The van der Waals surface area contributed by atoms with E-state index in [-0.39, 0.29) is 24.2 Å². The lowest BCUT2D eigenvalue weighted by molar-refractivity contribution is -0.147. The van der Waals surface area contributed by atoms with Crippen molar-refractivity contribution in [3.63, 3.8) is 0 Å². The number of aliphatic hydroxyl groups excluding tert-OH is 1. The van der Waals surface area contributed by atoms with E-state index in [1.807, 2.05) is 0 Å². The fourth-order valence-corrected chi connectivity index (χ4v) is 3.81. The summed E-state index contributed by atoms with van der Waals surface area (Å²) in [6.07, 6.45) is 13.6. The van der Waals surface area contributed by atoms with Crippen LogP contribution in [0.1, 0.15) is 105 Å². The summed E-state index contributed by atoms with van der Waals surface area (Å²) in [7, 11) is -1.87. The van der Waals surface area contributed by atoms with Gasteiger partial charge in [-0.3, -0.25) is 4.79 Å². The number of ether oxygens (including phenoxy) is 1. The van der Waals surface area contributed by atoms with Gasteiger partial charge in [0.15, 0.2) is 8.32 Å². The Kier molecular flexibility index (Phi) is 15.2. The fraction of sp³-hybridized carbons (Fsp3) is 0.957. The van der Waals surface area contributed by atoms with E-state index in [0.717, 1.165) is 12.8 Å². The highest BCUT2D eigenvalue weighted by Gasteiger charge is 2.37. The molecule has 0 aromatic heterocycles. The minimum absolute atomic E-state index is 0.0332. The van der Waals surface area contributed by atoms with Crippen molar-refractivity contribution >= 4 is 14.3 Å². The molecule has 4 nitrogen and oxygen atoms in total. The van der Waals surface area contributed by atoms with E-state index in [1.165, 1.54) is 57.8 Å². The first kappa shape index (κ1) is 27.6. The zero-order chi connectivity index (χ0) is 21.5. The van der Waals surface area contributed by atoms with Crippen LogP contribution in [0.4, 0.5) is 0 Å². The summed E-state index contributed by atoms with van der Waals surface area (Å²) >= 11 is 0. The summed E-state index contributed by atoms with van der Waals surface area (Å²) < 4.78 is 11.2. The second kappa shape index (κ2) is 15.4. The molecule has 5 heteroatoms. The average Bonchev–Trinajstić information content (AvgIpc) is 2.61. The Bertz CT molecular complexity index is 391. The van der Waals surface area contributed by atoms with Gasteiger partial charge in [-0.15, -0.1) is 0 Å². The van der Waals surface area contributed by atoms with E-state index in [9.17, 15) is 9.90 Å². The van der Waals surface area contributed by atoms with Crippen molar-refractivity contribution < 1.29 is 19.1 Å². The van der Waals surface area contributed by atoms with Crippen LogP contribution < -0.4 is 0 Å². The smallest absolute Gasteiger partial charge is 0.305 e. The number of carbonyl (C=O) groups excluding carboxylic acids is 1. The molecule has 1 atom stereocenters. The van der Waals surface area contributed by atoms with E-state index in [2.05, 4.69) is 40.8 Å². The predicted molar refractivity (Wildman–Crippen MR) is 121 cm³/mol. The van der Waals surface area contributed by atoms with Crippen LogP contribution in [0.25, 0.3) is 0 Å². The molecule has 0 aliphatic heterocycles. The van der Waals surface area contributed by atoms with Gasteiger partial charge in [0.25, 0.3) is 0 Å². The topological polar surface area (TPSA) is 55.8 Å². The monoisotopic (exact) mass is 416 g/mol. The molecular formula is C23H48O4Si. The molecule has 0 unspecified atom stereocenters. The number of esters is 1. The van der Waals surface area contributed by atoms with Crippen molar-refractivity contribution in [2.75, 3.05) is 13.2 Å². The van der Waals surface area contributed by atoms with Crippen LogP contribution in [0.5, 0.6) is 0 Å². The minimum atomic E-state index is -1.87. The van der Waals surface area contributed by atoms with Crippen molar-refractivity contribution in [3.8, 4) is 0 Å². The van der Waals surface area contributed by atoms with Crippen molar-refractivity contribution in [2.45, 2.75) is 129 Å². The van der Waals surface area contributed by atoms with Gasteiger partial charge in [0, 0.05) is 6.42 Å². The first-order chi connectivity index (χ1) is 13.1. The molecule has 0 saturated carbocycles. The van der Waals surface area contributed by atoms with Crippen LogP contribution in [0.15, 0.2) is 0 Å². The first-order valence-electron chi connectivity index (χ1n) is 11.6. The van der Waals surface area contributed by atoms with E-state index in [4.69, 9.17) is 9.16 Å². The molecule has 0 aliphatic carbocycles. The van der Waals surface area contributed by atoms with Gasteiger partial charge in [-0.1, -0.05) is 91.9 Å². The van der Waals surface area contributed by atoms with E-state index < -0.39 is 14.4 Å². The molecule has 28 heavy (non-hydrogen) atoms. The van der Waals surface area contributed by atoms with Crippen LogP contribution in [-0.4, -0.2) is 38.7 Å². The summed E-state index contributed by atoms with van der Waals surface area (Å²) in [4.78, 5) is 11.8. The lowest BCUT2D eigenvalue weighted by Crippen LogP contribution is -2.43. The summed E-state index contributed by atoms with van der Waals surface area (Å²) in [5, 5.41) is 10.1. The van der Waals surface area contributed by atoms with Crippen molar-refractivity contribution in [1.29, 1.82) is 0 Å². The molecule has 168 valence electrons. The lowest BCUT2D eigenvalue weighted by atomic mass is 10.1. The average molecular weight is 417 g/mol. The standard InChI is InChI=1S/C23H48O4Si/c1-7-8-9-10-11-12-13-14-15-16-17-18-22(25)26-19-21(24)20-27-28(5,6)23(2,3)4/h21,24H,7-20H2,1-6H3/t21-/m1/s1. The molecule has 0 saturated heterocycles. The highest BCUT2D eigenvalue weighted by atomic mass is 28.4. The maximum absolute atomic E-state index is 11.8. The van der Waals surface area contributed by atoms with Crippen molar-refractivity contribution in [3.05, 3.63) is 0 Å². The summed E-state index contributed by atoms with van der Waals surface area (Å²) in [6, 6.07) is 0. The predicted octanol–water partition coefficient (Wildman–Crippen LogP) is 6.61. The quantitative estimate of drug-likeness (QED) is 0.165. The normalized spacial score (nSPS) is 13.5. The molecule has 1 N–H and O–H groups in total. The van der Waals surface area contributed by atoms with Gasteiger partial charge in [0.05, 0.1) is 6.61 Å². The Labute approximate surface area is 175 Å². The molecular weight excluding hydrogens is 368 g/mol. The van der Waals surface area contributed by atoms with Gasteiger partial charge in [-0.2, -0.15) is 0 Å². The molecule has 0 bridgehead atoms. The highest BCUT2D eigenvalue weighted by Crippen LogP contribution is 2.36. The molecule has 0 spiro atoms. The Morgan fingerprint density at radius 2 is 1.32 bits per heavy atom. The van der Waals surface area contributed by atoms with Crippen LogP contribution >= 0.6 is 0 Å². The van der Waals surface area contributed by atoms with Crippen LogP contribution in [-0.2, 0) is 14.0 Å². The summed E-state index contributed by atoms with van der Waals surface area (Å²) in [5.41, 5.74) is 0. The molecule has 0 fully saturated rings. The summed E-state index contributed by atoms with van der Waals surface area (Å²) in [5.74, 6) is -0.206. The molecule has 0 heterocycles. The zero-order valence-corrected chi connectivity index (χ0v) is 20.6. The number of aliphatic hydroxyl groups is 1. The van der Waals surface area contributed by atoms with E-state index >= 15 is 0 Å². The second-order valence-corrected chi connectivity index (χ2v) is 14.5. The third-order valence-corrected chi connectivity index (χ3v) is 10.4. The van der Waals surface area contributed by atoms with Gasteiger partial charge < -0.3 is 14.3 Å². The van der Waals surface area contributed by atoms with Gasteiger partial charge in [-0.05, 0) is 24.6 Å². The van der Waals surface area contributed by atoms with Crippen LogP contribution in [0, 0.1) is 0 Å². The van der Waals surface area contributed by atoms with E-state index in [0.29, 0.717) is 6.42 Å². The SMILES string of the molecule is CCCCCCCCCCCCCC(=O)OC[C@@H](O)CO[Si](C)(C)C(C)(C)C. The Hall–Kier alpha value is -0.393. The van der Waals surface area contributed by atoms with E-state index in [1.54, 1.807) is 0 Å². The van der Waals surface area contributed by atoms with Crippen LogP contribution in [0.3, 0.4) is 0 Å². The molecule has 0 aromatic rings. The number of hydrogen-bond acceptors (Lipinski definition) is 4. The van der Waals surface area contributed by atoms with Crippen LogP contribution in [0.2, 0.25) is 18.1 Å². The van der Waals surface area contributed by atoms with Gasteiger partial charge in [0.1, 0.15) is 12.7 Å². The third kappa shape index (κ3) is 14.6. The fourth-order valence-electron chi connectivity index (χ4n) is 2.76. The largest absolute Gasteiger partial charge is 0.463 e. The highest BCUT2D eigenvalue weighted by molar-refractivity contribution is 6.74. The summed E-state index contributed by atoms with van der Waals surface area (Å²) in [6.45, 7) is 13.3. The van der Waals surface area contributed by atoms with Crippen molar-refractivity contribution in [1.82, 2.24) is 0 Å². The van der Waals surface area contributed by atoms with Gasteiger partial charge in [0.2, 0.25) is 0 Å². The zero-order valence-electron chi connectivity index (χ0n) is 19.6. The molecule has 0 rings (SSSR count). The Morgan fingerprint density at radius 1 is 0.857 bits per heavy atom. The second-order valence-electron chi connectivity index (χ2n) is 9.69. The maximum Gasteiger partial charge on any atom is 0.305 e. The minimum Gasteiger partial charge on any atom is -0.463 e. The molecule has 0 radical (unpaired) electrons. The third-order valence-electron chi connectivity index (χ3n) is 5.86. The Balaban J connectivity index is 3.57. The van der Waals surface area contributed by atoms with Gasteiger partial charge in [-0.25, -0.2) is 0 Å². The van der Waals surface area contributed by atoms with Gasteiger partial charge >= 0.3 is 5.97 Å². The lowest BCUT2D eigenvalue weighted by Gasteiger charge is -2.36. The van der Waals surface area contributed by atoms with Crippen molar-refractivity contribution in [2.24, 2.45) is 0 Å². The molecule has 0 aliphatic rings. The number of carbonyl (C=O) groups is 1. The molecule has 0 amide bonds. The number of unbranched alkanes of at least 4 members (excludes halogenated alkanes) is 10. The number of hydrogen-bond donors (Lipinski definition) is 1. The first-order valence-corrected chi connectivity index (χ1v) is 14.5. The maximum atomic E-state index is 11.8.